The zero-order chi connectivity index (χ0) is 17.9. The van der Waals surface area contributed by atoms with Crippen molar-refractivity contribution in [1.82, 2.24) is 9.88 Å². The molecular formula is C21H29N3O2. The van der Waals surface area contributed by atoms with Gasteiger partial charge in [0.1, 0.15) is 11.3 Å². The summed E-state index contributed by atoms with van der Waals surface area (Å²) in [6, 6.07) is 4.69. The van der Waals surface area contributed by atoms with E-state index >= 15 is 0 Å². The first-order valence-corrected chi connectivity index (χ1v) is 10.2. The first-order valence-electron chi connectivity index (χ1n) is 10.2. The molecule has 4 fully saturated rings. The highest BCUT2D eigenvalue weighted by Gasteiger charge is 2.56. The van der Waals surface area contributed by atoms with Gasteiger partial charge in [-0.3, -0.25) is 14.7 Å². The van der Waals surface area contributed by atoms with Crippen molar-refractivity contribution in [3.8, 4) is 0 Å². The smallest absolute Gasteiger partial charge is 0.267 e. The number of carbonyl (C=O) groups excluding carboxylic acids is 1. The standard InChI is InChI=1S/C21H29N3O2/c1-26-21(15-5-6-23-19(10-15)20(22)25)16-3-2-4-17(21)12-24(11-16)18-8-13-7-14(13)9-18/h5-6,10,13-14,16-18H,2-4,7-9,11-12H2,1H3,(H2,22,25)/t13-,14+,16-,17+,18?,21?. The van der Waals surface area contributed by atoms with Crippen LogP contribution in [0.25, 0.3) is 0 Å². The minimum absolute atomic E-state index is 0.302. The summed E-state index contributed by atoms with van der Waals surface area (Å²) in [4.78, 5) is 18.6. The second-order valence-corrected chi connectivity index (χ2v) is 8.95. The molecule has 2 unspecified atom stereocenters. The van der Waals surface area contributed by atoms with Crippen molar-refractivity contribution in [3.05, 3.63) is 29.6 Å². The molecule has 1 aromatic heterocycles. The Bertz CT molecular complexity index is 697. The van der Waals surface area contributed by atoms with Gasteiger partial charge in [-0.25, -0.2) is 0 Å². The number of amides is 1. The van der Waals surface area contributed by atoms with Crippen LogP contribution in [0.3, 0.4) is 0 Å². The minimum atomic E-state index is -0.467. The maximum absolute atomic E-state index is 11.6. The van der Waals surface area contributed by atoms with Gasteiger partial charge in [-0.1, -0.05) is 6.42 Å². The second kappa shape index (κ2) is 6.03. The predicted octanol–water partition coefficient (Wildman–Crippen LogP) is 2.55. The highest BCUT2D eigenvalue weighted by molar-refractivity contribution is 5.90. The van der Waals surface area contributed by atoms with Gasteiger partial charge in [0.05, 0.1) is 0 Å². The van der Waals surface area contributed by atoms with E-state index in [0.29, 0.717) is 17.5 Å². The summed E-state index contributed by atoms with van der Waals surface area (Å²) in [5, 5.41) is 0. The summed E-state index contributed by atoms with van der Waals surface area (Å²) in [5.41, 5.74) is 6.61. The molecule has 3 saturated carbocycles. The van der Waals surface area contributed by atoms with Crippen LogP contribution < -0.4 is 5.73 Å². The minimum Gasteiger partial charge on any atom is -0.373 e. The molecule has 140 valence electrons. The number of likely N-dealkylation sites (tertiary alicyclic amines) is 1. The molecule has 2 N–H and O–H groups in total. The normalized spacial score (nSPS) is 41.7. The molecule has 1 aromatic rings. The molecule has 0 spiro atoms. The summed E-state index contributed by atoms with van der Waals surface area (Å²) >= 11 is 0. The number of rotatable bonds is 4. The summed E-state index contributed by atoms with van der Waals surface area (Å²) in [6.45, 7) is 2.23. The van der Waals surface area contributed by atoms with Crippen molar-refractivity contribution in [2.75, 3.05) is 20.2 Å². The number of hydrogen-bond donors (Lipinski definition) is 1. The molecule has 1 aliphatic heterocycles. The van der Waals surface area contributed by atoms with Gasteiger partial charge in [0.15, 0.2) is 0 Å². The van der Waals surface area contributed by atoms with Gasteiger partial charge in [0.2, 0.25) is 0 Å². The fourth-order valence-corrected chi connectivity index (χ4v) is 6.48. The van der Waals surface area contributed by atoms with E-state index in [1.165, 1.54) is 38.5 Å². The zero-order valence-electron chi connectivity index (χ0n) is 15.6. The summed E-state index contributed by atoms with van der Waals surface area (Å²) < 4.78 is 6.30. The van der Waals surface area contributed by atoms with E-state index in [2.05, 4.69) is 9.88 Å². The number of fused-ring (bicyclic) bond motifs is 3. The fourth-order valence-electron chi connectivity index (χ4n) is 6.48. The summed E-state index contributed by atoms with van der Waals surface area (Å²) in [5.74, 6) is 2.52. The Morgan fingerprint density at radius 2 is 1.92 bits per heavy atom. The lowest BCUT2D eigenvalue weighted by Crippen LogP contribution is -2.60. The van der Waals surface area contributed by atoms with E-state index in [9.17, 15) is 4.79 Å². The number of piperidine rings is 1. The van der Waals surface area contributed by atoms with E-state index in [1.54, 1.807) is 6.20 Å². The lowest BCUT2D eigenvalue weighted by atomic mass is 9.62. The predicted molar refractivity (Wildman–Crippen MR) is 98.5 cm³/mol. The van der Waals surface area contributed by atoms with Gasteiger partial charge in [-0.15, -0.1) is 0 Å². The van der Waals surface area contributed by atoms with E-state index in [1.807, 2.05) is 19.2 Å². The van der Waals surface area contributed by atoms with Crippen molar-refractivity contribution >= 4 is 5.91 Å². The molecule has 1 amide bonds. The lowest BCUT2D eigenvalue weighted by Gasteiger charge is -2.56. The van der Waals surface area contributed by atoms with Crippen LogP contribution in [0.15, 0.2) is 18.3 Å². The molecule has 0 radical (unpaired) electrons. The van der Waals surface area contributed by atoms with E-state index in [4.69, 9.17) is 10.5 Å². The van der Waals surface area contributed by atoms with E-state index < -0.39 is 5.91 Å². The van der Waals surface area contributed by atoms with Gasteiger partial charge in [-0.05, 0) is 61.6 Å². The quantitative estimate of drug-likeness (QED) is 0.901. The molecule has 6 atom stereocenters. The third kappa shape index (κ3) is 2.43. The van der Waals surface area contributed by atoms with E-state index in [0.717, 1.165) is 36.5 Å². The number of nitrogens with two attached hydrogens (primary N) is 1. The highest BCUT2D eigenvalue weighted by atomic mass is 16.5. The topological polar surface area (TPSA) is 68.5 Å². The van der Waals surface area contributed by atoms with Gasteiger partial charge in [-0.2, -0.15) is 0 Å². The van der Waals surface area contributed by atoms with Gasteiger partial charge in [0, 0.05) is 44.3 Å². The van der Waals surface area contributed by atoms with Crippen LogP contribution in [0.5, 0.6) is 0 Å². The molecule has 1 saturated heterocycles. The van der Waals surface area contributed by atoms with Crippen molar-refractivity contribution < 1.29 is 9.53 Å². The molecule has 0 aromatic carbocycles. The first-order chi connectivity index (χ1) is 12.6. The Balaban J connectivity index is 1.46. The van der Waals surface area contributed by atoms with Crippen LogP contribution in [0, 0.1) is 23.7 Å². The van der Waals surface area contributed by atoms with Crippen LogP contribution in [0.2, 0.25) is 0 Å². The second-order valence-electron chi connectivity index (χ2n) is 8.95. The number of pyridine rings is 1. The zero-order valence-corrected chi connectivity index (χ0v) is 15.6. The highest BCUT2D eigenvalue weighted by Crippen LogP contribution is 2.56. The Labute approximate surface area is 155 Å². The van der Waals surface area contributed by atoms with Gasteiger partial charge >= 0.3 is 0 Å². The number of methoxy groups -OCH3 is 1. The lowest BCUT2D eigenvalue weighted by molar-refractivity contribution is -0.174. The fraction of sp³-hybridized carbons (Fsp3) is 0.714. The Hall–Kier alpha value is -1.46. The van der Waals surface area contributed by atoms with Crippen molar-refractivity contribution in [2.24, 2.45) is 29.4 Å². The number of hydrogen-bond acceptors (Lipinski definition) is 4. The van der Waals surface area contributed by atoms with Crippen LogP contribution in [0.1, 0.15) is 54.6 Å². The third-order valence-corrected chi connectivity index (χ3v) is 7.76. The Kier molecular flexibility index (Phi) is 3.87. The molecule has 3 aliphatic carbocycles. The first kappa shape index (κ1) is 16.7. The van der Waals surface area contributed by atoms with Gasteiger partial charge < -0.3 is 10.5 Å². The number of ether oxygens (including phenoxy) is 1. The summed E-state index contributed by atoms with van der Waals surface area (Å²) in [7, 11) is 1.84. The molecule has 26 heavy (non-hydrogen) atoms. The van der Waals surface area contributed by atoms with Crippen LogP contribution >= 0.6 is 0 Å². The molecule has 2 heterocycles. The SMILES string of the molecule is COC1(c2ccnc(C(N)=O)c2)[C@@H]2CCC[C@H]1CN(C1C[C@@H]3C[C@@H]3C1)C2. The number of carbonyl (C=O) groups is 1. The van der Waals surface area contributed by atoms with Crippen LogP contribution in [-0.4, -0.2) is 42.0 Å². The van der Waals surface area contributed by atoms with Crippen LogP contribution in [0.4, 0.5) is 0 Å². The largest absolute Gasteiger partial charge is 0.373 e. The summed E-state index contributed by atoms with van der Waals surface area (Å²) in [6.07, 6.45) is 9.66. The third-order valence-electron chi connectivity index (χ3n) is 7.76. The number of nitrogens with zero attached hydrogens (tertiary/aromatic N) is 2. The Morgan fingerprint density at radius 1 is 1.23 bits per heavy atom. The monoisotopic (exact) mass is 355 g/mol. The Morgan fingerprint density at radius 3 is 2.54 bits per heavy atom. The molecule has 5 nitrogen and oxygen atoms in total. The van der Waals surface area contributed by atoms with E-state index in [-0.39, 0.29) is 5.60 Å². The molecule has 5 heteroatoms. The van der Waals surface area contributed by atoms with Gasteiger partial charge in [0.25, 0.3) is 5.91 Å². The van der Waals surface area contributed by atoms with Crippen molar-refractivity contribution in [3.63, 3.8) is 0 Å². The average molecular weight is 355 g/mol. The van der Waals surface area contributed by atoms with Crippen molar-refractivity contribution in [2.45, 2.75) is 50.2 Å². The average Bonchev–Trinajstić information content (AvgIpc) is 3.25. The molecular weight excluding hydrogens is 326 g/mol. The number of primary amides is 1. The molecule has 2 bridgehead atoms. The maximum Gasteiger partial charge on any atom is 0.267 e. The maximum atomic E-state index is 11.6. The molecule has 4 aliphatic rings. The number of aromatic nitrogens is 1. The van der Waals surface area contributed by atoms with Crippen molar-refractivity contribution in [1.29, 1.82) is 0 Å². The molecule has 5 rings (SSSR count). The van der Waals surface area contributed by atoms with Crippen LogP contribution in [-0.2, 0) is 10.3 Å².